The van der Waals surface area contributed by atoms with Gasteiger partial charge in [-0.25, -0.2) is 0 Å². The molecule has 1 saturated heterocycles. The smallest absolute Gasteiger partial charge is 0.277 e. The van der Waals surface area contributed by atoms with Crippen LogP contribution in [-0.2, 0) is 16.0 Å². The molecule has 2 atom stereocenters. The van der Waals surface area contributed by atoms with Gasteiger partial charge in [0.05, 0.1) is 5.57 Å². The Morgan fingerprint density at radius 1 is 0.903 bits per heavy atom. The van der Waals surface area contributed by atoms with Gasteiger partial charge in [-0.2, -0.15) is 0 Å². The van der Waals surface area contributed by atoms with Crippen LogP contribution in [0.4, 0.5) is 0 Å². The van der Waals surface area contributed by atoms with Crippen molar-refractivity contribution in [2.45, 2.75) is 33.6 Å². The van der Waals surface area contributed by atoms with Gasteiger partial charge in [0.1, 0.15) is 5.70 Å². The minimum atomic E-state index is -0.191. The third kappa shape index (κ3) is 4.54. The van der Waals surface area contributed by atoms with Crippen LogP contribution in [-0.4, -0.2) is 41.2 Å². The van der Waals surface area contributed by atoms with E-state index >= 15 is 0 Å². The first-order chi connectivity index (χ1) is 14.8. The number of hydrogen-bond acceptors (Lipinski definition) is 3. The van der Waals surface area contributed by atoms with Gasteiger partial charge in [-0.15, -0.1) is 0 Å². The van der Waals surface area contributed by atoms with Crippen molar-refractivity contribution < 1.29 is 9.59 Å². The molecule has 2 amide bonds. The van der Waals surface area contributed by atoms with Crippen molar-refractivity contribution in [1.82, 2.24) is 9.80 Å². The molecule has 2 unspecified atom stereocenters. The van der Waals surface area contributed by atoms with E-state index in [4.69, 9.17) is 11.6 Å². The third-order valence-corrected chi connectivity index (χ3v) is 6.46. The topological polar surface area (TPSA) is 40.6 Å². The lowest BCUT2D eigenvalue weighted by Crippen LogP contribution is -2.42. The zero-order valence-electron chi connectivity index (χ0n) is 18.4. The van der Waals surface area contributed by atoms with Crippen LogP contribution >= 0.6 is 11.6 Å². The van der Waals surface area contributed by atoms with E-state index in [0.717, 1.165) is 36.2 Å². The summed E-state index contributed by atoms with van der Waals surface area (Å²) in [5, 5.41) is 0.677. The van der Waals surface area contributed by atoms with E-state index in [1.54, 1.807) is 0 Å². The van der Waals surface area contributed by atoms with Crippen LogP contribution in [0.1, 0.15) is 37.0 Å². The largest absolute Gasteiger partial charge is 0.366 e. The third-order valence-electron chi connectivity index (χ3n) is 6.21. The molecule has 0 aliphatic carbocycles. The number of hydrogen-bond donors (Lipinski definition) is 0. The minimum absolute atomic E-state index is 0.171. The predicted molar refractivity (Wildman–Crippen MR) is 124 cm³/mol. The van der Waals surface area contributed by atoms with Crippen molar-refractivity contribution in [1.29, 1.82) is 0 Å². The summed E-state index contributed by atoms with van der Waals surface area (Å²) in [6.07, 6.45) is 1.75. The Bertz CT molecular complexity index is 1000. The fraction of sp³-hybridized carbons (Fsp3) is 0.385. The van der Waals surface area contributed by atoms with Gasteiger partial charge in [-0.05, 0) is 54.9 Å². The van der Waals surface area contributed by atoms with Gasteiger partial charge in [-0.1, -0.05) is 67.4 Å². The summed E-state index contributed by atoms with van der Waals surface area (Å²) in [7, 11) is 0. The van der Waals surface area contributed by atoms with Gasteiger partial charge in [0.15, 0.2) is 0 Å². The molecule has 4 rings (SSSR count). The summed E-state index contributed by atoms with van der Waals surface area (Å²) in [6, 6.07) is 15.5. The van der Waals surface area contributed by atoms with E-state index in [0.29, 0.717) is 41.1 Å². The number of rotatable bonds is 5. The molecule has 0 bridgehead atoms. The van der Waals surface area contributed by atoms with E-state index in [9.17, 15) is 9.59 Å². The quantitative estimate of drug-likeness (QED) is 0.622. The SMILES string of the molecule is Cc1ccc(C2=C(N3CC(C)CC(C)C3)C(=O)N(CCc3ccc(Cl)cc3)C2=O)cc1. The first-order valence-corrected chi connectivity index (χ1v) is 11.4. The Morgan fingerprint density at radius 3 is 2.13 bits per heavy atom. The standard InChI is InChI=1S/C26H29ClN2O2/c1-17-4-8-21(9-5-17)23-24(28-15-18(2)14-19(3)16-28)26(31)29(25(23)30)13-12-20-6-10-22(27)11-7-20/h4-11,18-19H,12-16H2,1-3H3. The van der Waals surface area contributed by atoms with Crippen LogP contribution in [0.3, 0.4) is 0 Å². The second-order valence-corrected chi connectivity index (χ2v) is 9.52. The molecule has 2 aliphatic rings. The Balaban J connectivity index is 1.66. The van der Waals surface area contributed by atoms with Crippen LogP contribution in [0, 0.1) is 18.8 Å². The highest BCUT2D eigenvalue weighted by Gasteiger charge is 2.42. The summed E-state index contributed by atoms with van der Waals surface area (Å²) in [5.41, 5.74) is 4.11. The fourth-order valence-corrected chi connectivity index (χ4v) is 4.90. The molecule has 0 aromatic heterocycles. The molecular formula is C26H29ClN2O2. The maximum absolute atomic E-state index is 13.5. The molecule has 5 heteroatoms. The highest BCUT2D eigenvalue weighted by atomic mass is 35.5. The molecule has 0 saturated carbocycles. The van der Waals surface area contributed by atoms with Crippen molar-refractivity contribution in [3.05, 3.63) is 75.9 Å². The average molecular weight is 437 g/mol. The molecular weight excluding hydrogens is 408 g/mol. The van der Waals surface area contributed by atoms with Crippen LogP contribution in [0.15, 0.2) is 54.2 Å². The summed E-state index contributed by atoms with van der Waals surface area (Å²) >= 11 is 5.98. The van der Waals surface area contributed by atoms with Gasteiger partial charge >= 0.3 is 0 Å². The molecule has 4 nitrogen and oxygen atoms in total. The van der Waals surface area contributed by atoms with E-state index in [1.165, 1.54) is 4.90 Å². The number of halogens is 1. The number of benzene rings is 2. The number of likely N-dealkylation sites (tertiary alicyclic amines) is 1. The number of imide groups is 1. The first kappa shape index (κ1) is 21.6. The molecule has 0 N–H and O–H groups in total. The van der Waals surface area contributed by atoms with Crippen molar-refractivity contribution in [3.63, 3.8) is 0 Å². The summed E-state index contributed by atoms with van der Waals surface area (Å²) in [5.74, 6) is 0.614. The van der Waals surface area contributed by atoms with Crippen molar-refractivity contribution in [2.24, 2.45) is 11.8 Å². The fourth-order valence-electron chi connectivity index (χ4n) is 4.78. The molecule has 2 aromatic rings. The molecule has 2 aromatic carbocycles. The van der Waals surface area contributed by atoms with Crippen LogP contribution < -0.4 is 0 Å². The molecule has 162 valence electrons. The monoisotopic (exact) mass is 436 g/mol. The zero-order chi connectivity index (χ0) is 22.1. The van der Waals surface area contributed by atoms with E-state index in [-0.39, 0.29) is 11.8 Å². The molecule has 2 aliphatic heterocycles. The van der Waals surface area contributed by atoms with Crippen molar-refractivity contribution >= 4 is 29.0 Å². The number of aryl methyl sites for hydroxylation is 1. The number of carbonyl (C=O) groups is 2. The van der Waals surface area contributed by atoms with Crippen LogP contribution in [0.25, 0.3) is 5.57 Å². The molecule has 0 radical (unpaired) electrons. The number of carbonyl (C=O) groups excluding carboxylic acids is 2. The number of piperidine rings is 1. The molecule has 1 fully saturated rings. The van der Waals surface area contributed by atoms with Gasteiger partial charge in [-0.3, -0.25) is 14.5 Å². The molecule has 2 heterocycles. The second-order valence-electron chi connectivity index (χ2n) is 9.08. The summed E-state index contributed by atoms with van der Waals surface area (Å²) in [6.45, 7) is 8.42. The average Bonchev–Trinajstić information content (AvgIpc) is 2.97. The molecule has 31 heavy (non-hydrogen) atoms. The Morgan fingerprint density at radius 2 is 1.52 bits per heavy atom. The van der Waals surface area contributed by atoms with E-state index in [1.807, 2.05) is 55.5 Å². The molecule has 0 spiro atoms. The second kappa shape index (κ2) is 8.88. The van der Waals surface area contributed by atoms with E-state index in [2.05, 4.69) is 18.7 Å². The predicted octanol–water partition coefficient (Wildman–Crippen LogP) is 4.95. The van der Waals surface area contributed by atoms with Gasteiger partial charge in [0.25, 0.3) is 11.8 Å². The maximum Gasteiger partial charge on any atom is 0.277 e. The maximum atomic E-state index is 13.5. The lowest BCUT2D eigenvalue weighted by Gasteiger charge is -2.37. The van der Waals surface area contributed by atoms with Crippen molar-refractivity contribution in [3.8, 4) is 0 Å². The normalized spacial score (nSPS) is 21.9. The lowest BCUT2D eigenvalue weighted by molar-refractivity contribution is -0.137. The van der Waals surface area contributed by atoms with Gasteiger partial charge < -0.3 is 4.90 Å². The van der Waals surface area contributed by atoms with Gasteiger partial charge in [0, 0.05) is 24.7 Å². The van der Waals surface area contributed by atoms with Crippen molar-refractivity contribution in [2.75, 3.05) is 19.6 Å². The number of nitrogens with zero attached hydrogens (tertiary/aromatic N) is 2. The Hall–Kier alpha value is -2.59. The summed E-state index contributed by atoms with van der Waals surface area (Å²) in [4.78, 5) is 30.6. The number of amides is 2. The highest BCUT2D eigenvalue weighted by Crippen LogP contribution is 2.35. The highest BCUT2D eigenvalue weighted by molar-refractivity contribution is 6.35. The van der Waals surface area contributed by atoms with Crippen LogP contribution in [0.2, 0.25) is 5.02 Å². The van der Waals surface area contributed by atoms with Crippen LogP contribution in [0.5, 0.6) is 0 Å². The minimum Gasteiger partial charge on any atom is -0.366 e. The first-order valence-electron chi connectivity index (χ1n) is 11.0. The Kier molecular flexibility index (Phi) is 6.19. The van der Waals surface area contributed by atoms with Gasteiger partial charge in [0.2, 0.25) is 0 Å². The lowest BCUT2D eigenvalue weighted by atomic mass is 9.91. The zero-order valence-corrected chi connectivity index (χ0v) is 19.2. The Labute approximate surface area is 189 Å². The summed E-state index contributed by atoms with van der Waals surface area (Å²) < 4.78 is 0. The van der Waals surface area contributed by atoms with E-state index < -0.39 is 0 Å².